The Hall–Kier alpha value is -1.47. The molecule has 1 aliphatic rings. The molecule has 1 fully saturated rings. The van der Waals surface area contributed by atoms with Gasteiger partial charge in [0.25, 0.3) is 11.7 Å². The number of hydrogen-bond donors (Lipinski definition) is 3. The van der Waals surface area contributed by atoms with E-state index < -0.39 is 6.10 Å². The van der Waals surface area contributed by atoms with E-state index in [1.807, 2.05) is 0 Å². The van der Waals surface area contributed by atoms with Crippen LogP contribution in [0.25, 0.3) is 0 Å². The summed E-state index contributed by atoms with van der Waals surface area (Å²) in [4.78, 5) is 15.1. The molecule has 1 amide bonds. The van der Waals surface area contributed by atoms with Gasteiger partial charge in [0, 0.05) is 13.6 Å². The Morgan fingerprint density at radius 1 is 1.73 bits per heavy atom. The minimum absolute atomic E-state index is 0.00990. The van der Waals surface area contributed by atoms with Crippen LogP contribution in [-0.2, 0) is 0 Å². The monoisotopic (exact) mass is 212 g/mol. The van der Waals surface area contributed by atoms with Crippen molar-refractivity contribution >= 4 is 5.91 Å². The molecule has 1 aliphatic heterocycles. The molecule has 2 rings (SSSR count). The fraction of sp³-hybridized carbons (Fsp3) is 0.625. The average molecular weight is 212 g/mol. The lowest BCUT2D eigenvalue weighted by Gasteiger charge is -2.01. The van der Waals surface area contributed by atoms with Gasteiger partial charge in [-0.25, -0.2) is 0 Å². The maximum absolute atomic E-state index is 11.1. The number of rotatable bonds is 2. The number of amides is 1. The van der Waals surface area contributed by atoms with Crippen LogP contribution in [0.3, 0.4) is 0 Å². The molecule has 0 spiro atoms. The van der Waals surface area contributed by atoms with Crippen molar-refractivity contribution in [3.63, 3.8) is 0 Å². The third-order valence-electron chi connectivity index (χ3n) is 2.28. The maximum atomic E-state index is 11.1. The Balaban J connectivity index is 2.10. The fourth-order valence-corrected chi connectivity index (χ4v) is 1.49. The van der Waals surface area contributed by atoms with Crippen LogP contribution in [0.4, 0.5) is 0 Å². The molecule has 0 bridgehead atoms. The van der Waals surface area contributed by atoms with Crippen LogP contribution in [0, 0.1) is 0 Å². The molecule has 7 nitrogen and oxygen atoms in total. The van der Waals surface area contributed by atoms with E-state index in [1.165, 1.54) is 7.05 Å². The van der Waals surface area contributed by atoms with Crippen LogP contribution in [0.1, 0.15) is 29.0 Å². The number of nitrogens with zero attached hydrogens (tertiary/aromatic N) is 2. The van der Waals surface area contributed by atoms with Gasteiger partial charge in [-0.15, -0.1) is 0 Å². The van der Waals surface area contributed by atoms with Gasteiger partial charge in [0.15, 0.2) is 0 Å². The molecule has 0 aliphatic carbocycles. The van der Waals surface area contributed by atoms with Gasteiger partial charge in [0.05, 0.1) is 12.1 Å². The van der Waals surface area contributed by atoms with Gasteiger partial charge in [-0.3, -0.25) is 4.79 Å². The van der Waals surface area contributed by atoms with E-state index in [9.17, 15) is 9.90 Å². The van der Waals surface area contributed by atoms with E-state index in [2.05, 4.69) is 20.8 Å². The zero-order valence-corrected chi connectivity index (χ0v) is 8.23. The topological polar surface area (TPSA) is 100 Å². The van der Waals surface area contributed by atoms with Crippen molar-refractivity contribution in [1.82, 2.24) is 20.8 Å². The summed E-state index contributed by atoms with van der Waals surface area (Å²) in [5, 5.41) is 18.2. The average Bonchev–Trinajstić information content (AvgIpc) is 2.84. The minimum atomic E-state index is -0.398. The van der Waals surface area contributed by atoms with E-state index in [1.54, 1.807) is 0 Å². The van der Waals surface area contributed by atoms with Crippen LogP contribution in [-0.4, -0.2) is 40.9 Å². The van der Waals surface area contributed by atoms with Crippen molar-refractivity contribution in [2.45, 2.75) is 18.6 Å². The van der Waals surface area contributed by atoms with E-state index >= 15 is 0 Å². The second-order valence-corrected chi connectivity index (χ2v) is 3.39. The molecule has 7 heteroatoms. The summed E-state index contributed by atoms with van der Waals surface area (Å²) in [7, 11) is 1.50. The van der Waals surface area contributed by atoms with Crippen molar-refractivity contribution in [2.24, 2.45) is 0 Å². The summed E-state index contributed by atoms with van der Waals surface area (Å²) in [6.07, 6.45) is 0.125. The molecule has 0 aromatic carbocycles. The number of carbonyl (C=O) groups is 1. The van der Waals surface area contributed by atoms with Crippen molar-refractivity contribution in [3.05, 3.63) is 11.7 Å². The van der Waals surface area contributed by atoms with Crippen molar-refractivity contribution < 1.29 is 14.4 Å². The molecule has 82 valence electrons. The second kappa shape index (κ2) is 3.95. The molecule has 1 saturated heterocycles. The number of aliphatic hydroxyl groups is 1. The molecule has 15 heavy (non-hydrogen) atoms. The summed E-state index contributed by atoms with van der Waals surface area (Å²) in [6.45, 7) is 0.502. The zero-order valence-electron chi connectivity index (χ0n) is 8.23. The highest BCUT2D eigenvalue weighted by Crippen LogP contribution is 2.21. The lowest BCUT2D eigenvalue weighted by Crippen LogP contribution is -2.19. The van der Waals surface area contributed by atoms with Gasteiger partial charge >= 0.3 is 0 Å². The number of hydrogen-bond acceptors (Lipinski definition) is 6. The smallest absolute Gasteiger partial charge is 0.292 e. The molecule has 0 radical (unpaired) electrons. The van der Waals surface area contributed by atoms with Crippen LogP contribution in [0.15, 0.2) is 4.52 Å². The van der Waals surface area contributed by atoms with Crippen LogP contribution >= 0.6 is 0 Å². The summed E-state index contributed by atoms with van der Waals surface area (Å²) in [5.41, 5.74) is 0. The van der Waals surface area contributed by atoms with Gasteiger partial charge < -0.3 is 20.3 Å². The third kappa shape index (κ3) is 1.97. The first-order valence-electron chi connectivity index (χ1n) is 4.68. The summed E-state index contributed by atoms with van der Waals surface area (Å²) >= 11 is 0. The molecular weight excluding hydrogens is 200 g/mol. The van der Waals surface area contributed by atoms with Crippen LogP contribution in [0.5, 0.6) is 0 Å². The molecule has 0 saturated carbocycles. The highest BCUT2D eigenvalue weighted by molar-refractivity contribution is 5.89. The van der Waals surface area contributed by atoms with Crippen molar-refractivity contribution in [3.8, 4) is 0 Å². The first-order valence-corrected chi connectivity index (χ1v) is 4.68. The maximum Gasteiger partial charge on any atom is 0.292 e. The quantitative estimate of drug-likeness (QED) is 0.571. The zero-order chi connectivity index (χ0) is 10.8. The summed E-state index contributed by atoms with van der Waals surface area (Å²) in [5.74, 6) is -0.0376. The summed E-state index contributed by atoms with van der Waals surface area (Å²) < 4.78 is 4.92. The van der Waals surface area contributed by atoms with Crippen LogP contribution < -0.4 is 10.6 Å². The lowest BCUT2D eigenvalue weighted by molar-refractivity contribution is 0.0950. The lowest BCUT2D eigenvalue weighted by atomic mass is 10.2. The minimum Gasteiger partial charge on any atom is -0.392 e. The highest BCUT2D eigenvalue weighted by Gasteiger charge is 2.28. The Bertz CT molecular complexity index is 365. The number of β-amino-alcohol motifs (C(OH)–C–C–N with tert-alkyl or cyclic N) is 1. The van der Waals surface area contributed by atoms with Gasteiger partial charge in [-0.2, -0.15) is 4.98 Å². The molecule has 0 unspecified atom stereocenters. The number of aromatic nitrogens is 2. The molecule has 1 aromatic rings. The molecule has 3 N–H and O–H groups in total. The summed E-state index contributed by atoms with van der Waals surface area (Å²) in [6, 6.07) is -0.161. The second-order valence-electron chi connectivity index (χ2n) is 3.39. The molecule has 1 aromatic heterocycles. The number of nitrogens with one attached hydrogen (secondary N) is 2. The Morgan fingerprint density at radius 3 is 3.13 bits per heavy atom. The van der Waals surface area contributed by atoms with Crippen molar-refractivity contribution in [1.29, 1.82) is 0 Å². The predicted octanol–water partition coefficient (Wildman–Crippen LogP) is -1.18. The first kappa shape index (κ1) is 10.1. The Kier molecular flexibility index (Phi) is 2.65. The van der Waals surface area contributed by atoms with E-state index in [-0.39, 0.29) is 17.8 Å². The molecular formula is C8H12N4O3. The van der Waals surface area contributed by atoms with Crippen LogP contribution in [0.2, 0.25) is 0 Å². The Labute approximate surface area is 85.9 Å². The first-order chi connectivity index (χ1) is 7.20. The van der Waals surface area contributed by atoms with Crippen molar-refractivity contribution in [2.75, 3.05) is 13.6 Å². The standard InChI is InChI=1S/C8H12N4O3/c1-9-7(14)6-11-8(15-12-6)5-2-4(13)3-10-5/h4-5,10,13H,2-3H2,1H3,(H,9,14)/t4-,5-/m1/s1. The fourth-order valence-electron chi connectivity index (χ4n) is 1.49. The van der Waals surface area contributed by atoms with Gasteiger partial charge in [0.1, 0.15) is 0 Å². The number of aliphatic hydroxyl groups excluding tert-OH is 1. The Morgan fingerprint density at radius 2 is 2.53 bits per heavy atom. The van der Waals surface area contributed by atoms with E-state index in [0.717, 1.165) is 0 Å². The highest BCUT2D eigenvalue weighted by atomic mass is 16.5. The largest absolute Gasteiger partial charge is 0.392 e. The van der Waals surface area contributed by atoms with Gasteiger partial charge in [0.2, 0.25) is 5.89 Å². The third-order valence-corrected chi connectivity index (χ3v) is 2.28. The number of carbonyl (C=O) groups excluding carboxylic acids is 1. The predicted molar refractivity (Wildman–Crippen MR) is 49.1 cm³/mol. The van der Waals surface area contributed by atoms with Gasteiger partial charge in [-0.1, -0.05) is 5.16 Å². The van der Waals surface area contributed by atoms with E-state index in [4.69, 9.17) is 4.52 Å². The van der Waals surface area contributed by atoms with Gasteiger partial charge in [-0.05, 0) is 6.42 Å². The van der Waals surface area contributed by atoms with E-state index in [0.29, 0.717) is 18.9 Å². The molecule has 2 atom stereocenters. The normalized spacial score (nSPS) is 25.5. The molecule has 2 heterocycles. The SMILES string of the molecule is CNC(=O)c1noc([C@H]2C[C@@H](O)CN2)n1.